The summed E-state index contributed by atoms with van der Waals surface area (Å²) in [5, 5.41) is 3.91. The first kappa shape index (κ1) is 13.5. The molecule has 19 heavy (non-hydrogen) atoms. The second-order valence-corrected chi connectivity index (χ2v) is 7.19. The van der Waals surface area contributed by atoms with E-state index in [0.717, 1.165) is 18.0 Å². The molecule has 1 aliphatic carbocycles. The van der Waals surface area contributed by atoms with Crippen molar-refractivity contribution in [3.63, 3.8) is 0 Å². The Morgan fingerprint density at radius 2 is 1.68 bits per heavy atom. The van der Waals surface area contributed by atoms with Crippen LogP contribution in [0.5, 0.6) is 0 Å². The molecule has 3 rings (SSSR count). The van der Waals surface area contributed by atoms with Gasteiger partial charge in [-0.05, 0) is 55.8 Å². The number of rotatable bonds is 3. The normalized spacial score (nSPS) is 32.1. The highest BCUT2D eigenvalue weighted by Crippen LogP contribution is 2.33. The van der Waals surface area contributed by atoms with E-state index < -0.39 is 0 Å². The smallest absolute Gasteiger partial charge is 0.0161 e. The molecule has 1 unspecified atom stereocenters. The largest absolute Gasteiger partial charge is 0.310 e. The fourth-order valence-electron chi connectivity index (χ4n) is 3.52. The van der Waals surface area contributed by atoms with E-state index in [1.54, 1.807) is 5.56 Å². The third-order valence-corrected chi connectivity index (χ3v) is 5.85. The molecule has 1 aliphatic heterocycles. The average molecular weight is 275 g/mol. The van der Waals surface area contributed by atoms with Crippen molar-refractivity contribution in [3.05, 3.63) is 35.9 Å². The zero-order chi connectivity index (χ0) is 12.9. The molecule has 1 heterocycles. The molecule has 1 aromatic rings. The van der Waals surface area contributed by atoms with Crippen molar-refractivity contribution >= 4 is 11.8 Å². The lowest BCUT2D eigenvalue weighted by Gasteiger charge is -2.33. The van der Waals surface area contributed by atoms with E-state index >= 15 is 0 Å². The van der Waals surface area contributed by atoms with Crippen LogP contribution in [0.15, 0.2) is 30.3 Å². The standard InChI is InChI=1S/C17H25NS/c1-2-5-14(6-3-1)15-8-10-16(11-9-15)18-17-7-4-12-19-13-17/h1-3,5-6,15-18H,4,7-13H2. The molecule has 0 spiro atoms. The van der Waals surface area contributed by atoms with Gasteiger partial charge in [0, 0.05) is 17.8 Å². The van der Waals surface area contributed by atoms with Crippen molar-refractivity contribution in [3.8, 4) is 0 Å². The Labute approximate surface area is 121 Å². The number of thioether (sulfide) groups is 1. The van der Waals surface area contributed by atoms with Gasteiger partial charge >= 0.3 is 0 Å². The van der Waals surface area contributed by atoms with Crippen molar-refractivity contribution in [1.29, 1.82) is 0 Å². The van der Waals surface area contributed by atoms with Gasteiger partial charge < -0.3 is 5.32 Å². The Morgan fingerprint density at radius 1 is 0.895 bits per heavy atom. The van der Waals surface area contributed by atoms with Crippen LogP contribution in [0.4, 0.5) is 0 Å². The quantitative estimate of drug-likeness (QED) is 0.887. The minimum Gasteiger partial charge on any atom is -0.310 e. The zero-order valence-electron chi connectivity index (χ0n) is 11.7. The summed E-state index contributed by atoms with van der Waals surface area (Å²) >= 11 is 2.13. The molecule has 2 aliphatic rings. The van der Waals surface area contributed by atoms with Crippen LogP contribution < -0.4 is 5.32 Å². The first-order chi connectivity index (χ1) is 9.42. The number of hydrogen-bond donors (Lipinski definition) is 1. The van der Waals surface area contributed by atoms with Crippen molar-refractivity contribution in [1.82, 2.24) is 5.32 Å². The van der Waals surface area contributed by atoms with Gasteiger partial charge in [-0.3, -0.25) is 0 Å². The Hall–Kier alpha value is -0.470. The third-order valence-electron chi connectivity index (χ3n) is 4.63. The van der Waals surface area contributed by atoms with Crippen LogP contribution in [0.25, 0.3) is 0 Å². The molecule has 1 N–H and O–H groups in total. The first-order valence-corrected chi connectivity index (χ1v) is 8.96. The molecule has 1 saturated heterocycles. The minimum atomic E-state index is 0.781. The predicted molar refractivity (Wildman–Crippen MR) is 84.9 cm³/mol. The van der Waals surface area contributed by atoms with Crippen molar-refractivity contribution in [2.45, 2.75) is 56.5 Å². The van der Waals surface area contributed by atoms with Crippen LogP contribution in [-0.4, -0.2) is 23.6 Å². The van der Waals surface area contributed by atoms with Crippen LogP contribution in [0.2, 0.25) is 0 Å². The minimum absolute atomic E-state index is 0.781. The predicted octanol–water partition coefficient (Wildman–Crippen LogP) is 4.20. The molecule has 1 nitrogen and oxygen atoms in total. The van der Waals surface area contributed by atoms with Gasteiger partial charge in [-0.15, -0.1) is 0 Å². The maximum Gasteiger partial charge on any atom is 0.0161 e. The molecule has 2 fully saturated rings. The molecule has 2 heteroatoms. The lowest BCUT2D eigenvalue weighted by atomic mass is 9.81. The van der Waals surface area contributed by atoms with Crippen molar-refractivity contribution in [2.75, 3.05) is 11.5 Å². The zero-order valence-corrected chi connectivity index (χ0v) is 12.5. The topological polar surface area (TPSA) is 12.0 Å². The summed E-state index contributed by atoms with van der Waals surface area (Å²) in [5.41, 5.74) is 1.55. The van der Waals surface area contributed by atoms with Crippen LogP contribution >= 0.6 is 11.8 Å². The summed E-state index contributed by atoms with van der Waals surface area (Å²) in [6, 6.07) is 12.7. The molecular formula is C17H25NS. The monoisotopic (exact) mass is 275 g/mol. The summed E-state index contributed by atoms with van der Waals surface area (Å²) in [6.45, 7) is 0. The second kappa shape index (κ2) is 6.81. The van der Waals surface area contributed by atoms with E-state index in [4.69, 9.17) is 0 Å². The highest BCUT2D eigenvalue weighted by Gasteiger charge is 2.24. The maximum absolute atomic E-state index is 3.91. The lowest BCUT2D eigenvalue weighted by molar-refractivity contribution is 0.314. The van der Waals surface area contributed by atoms with Gasteiger partial charge in [0.1, 0.15) is 0 Å². The van der Waals surface area contributed by atoms with Gasteiger partial charge in [-0.1, -0.05) is 30.3 Å². The average Bonchev–Trinajstić information content (AvgIpc) is 2.50. The van der Waals surface area contributed by atoms with Crippen molar-refractivity contribution < 1.29 is 0 Å². The summed E-state index contributed by atoms with van der Waals surface area (Å²) in [6.07, 6.45) is 8.25. The van der Waals surface area contributed by atoms with E-state index in [1.165, 1.54) is 50.0 Å². The fourth-order valence-corrected chi connectivity index (χ4v) is 4.61. The van der Waals surface area contributed by atoms with E-state index in [-0.39, 0.29) is 0 Å². The Morgan fingerprint density at radius 3 is 2.37 bits per heavy atom. The van der Waals surface area contributed by atoms with Crippen LogP contribution in [-0.2, 0) is 0 Å². The highest BCUT2D eigenvalue weighted by atomic mass is 32.2. The Balaban J connectivity index is 1.46. The molecule has 104 valence electrons. The lowest BCUT2D eigenvalue weighted by Crippen LogP contribution is -2.42. The fraction of sp³-hybridized carbons (Fsp3) is 0.647. The summed E-state index contributed by atoms with van der Waals surface area (Å²) in [7, 11) is 0. The van der Waals surface area contributed by atoms with Gasteiger partial charge in [0.2, 0.25) is 0 Å². The van der Waals surface area contributed by atoms with Crippen LogP contribution in [0.1, 0.15) is 50.0 Å². The second-order valence-electron chi connectivity index (χ2n) is 6.04. The molecule has 0 bridgehead atoms. The molecule has 1 aromatic carbocycles. The number of benzene rings is 1. The van der Waals surface area contributed by atoms with E-state index in [9.17, 15) is 0 Å². The first-order valence-electron chi connectivity index (χ1n) is 7.80. The molecule has 0 radical (unpaired) electrons. The van der Waals surface area contributed by atoms with E-state index in [0.29, 0.717) is 0 Å². The van der Waals surface area contributed by atoms with E-state index in [1.807, 2.05) is 0 Å². The molecule has 0 aromatic heterocycles. The van der Waals surface area contributed by atoms with Crippen LogP contribution in [0.3, 0.4) is 0 Å². The van der Waals surface area contributed by atoms with E-state index in [2.05, 4.69) is 47.4 Å². The van der Waals surface area contributed by atoms with Gasteiger partial charge in [0.05, 0.1) is 0 Å². The summed E-state index contributed by atoms with van der Waals surface area (Å²) in [4.78, 5) is 0. The third kappa shape index (κ3) is 3.76. The molecular weight excluding hydrogens is 250 g/mol. The van der Waals surface area contributed by atoms with Crippen molar-refractivity contribution in [2.24, 2.45) is 0 Å². The Kier molecular flexibility index (Phi) is 4.84. The number of hydrogen-bond acceptors (Lipinski definition) is 2. The maximum atomic E-state index is 3.91. The van der Waals surface area contributed by atoms with Crippen LogP contribution in [0, 0.1) is 0 Å². The highest BCUT2D eigenvalue weighted by molar-refractivity contribution is 7.99. The molecule has 0 amide bonds. The summed E-state index contributed by atoms with van der Waals surface area (Å²) < 4.78 is 0. The Bertz CT molecular complexity index is 364. The van der Waals surface area contributed by atoms with Gasteiger partial charge in [0.15, 0.2) is 0 Å². The molecule has 1 atom stereocenters. The van der Waals surface area contributed by atoms with Gasteiger partial charge in [0.25, 0.3) is 0 Å². The van der Waals surface area contributed by atoms with Gasteiger partial charge in [-0.2, -0.15) is 11.8 Å². The number of nitrogens with one attached hydrogen (secondary N) is 1. The SMILES string of the molecule is c1ccc(C2CCC(NC3CCCSC3)CC2)cc1. The van der Waals surface area contributed by atoms with Gasteiger partial charge in [-0.25, -0.2) is 0 Å². The summed E-state index contributed by atoms with van der Waals surface area (Å²) in [5.74, 6) is 3.51. The molecule has 1 saturated carbocycles.